The average molecular weight is 472 g/mol. The number of thiophene rings is 1. The summed E-state index contributed by atoms with van der Waals surface area (Å²) in [5.41, 5.74) is 7.70. The van der Waals surface area contributed by atoms with Crippen LogP contribution >= 0.6 is 11.3 Å². The number of imidazole rings is 1. The summed E-state index contributed by atoms with van der Waals surface area (Å²) in [6.07, 6.45) is 1.90. The Hall–Kier alpha value is -3.39. The van der Waals surface area contributed by atoms with E-state index in [1.54, 1.807) is 11.3 Å². The first-order valence-electron chi connectivity index (χ1n) is 11.7. The van der Waals surface area contributed by atoms with Gasteiger partial charge in [-0.2, -0.15) is 5.21 Å². The van der Waals surface area contributed by atoms with Gasteiger partial charge in [-0.3, -0.25) is 0 Å². The summed E-state index contributed by atoms with van der Waals surface area (Å²) in [5, 5.41) is 14.8. The molecule has 0 fully saturated rings. The van der Waals surface area contributed by atoms with Crippen LogP contribution in [0.5, 0.6) is 0 Å². The smallest absolute Gasteiger partial charge is 0.215 e. The van der Waals surface area contributed by atoms with Gasteiger partial charge in [0.1, 0.15) is 11.3 Å². The van der Waals surface area contributed by atoms with Crippen LogP contribution in [-0.4, -0.2) is 35.2 Å². The van der Waals surface area contributed by atoms with E-state index in [4.69, 9.17) is 9.97 Å². The number of H-pyrrole nitrogens is 1. The standard InChI is InChI=1S/C26H29N7S/c1-6-22-28-23-16(4)12-17(5)27-26(23)33(22)14-18-7-9-19(10-8-18)21-13-20(11-15(2)3)34-24(21)25-29-31-32-30-25/h7-10,12-13,15H,6,11,14H2,1-5H3,(H,29,30,31,32). The number of aromatic nitrogens is 7. The van der Waals surface area contributed by atoms with Gasteiger partial charge < -0.3 is 4.57 Å². The Morgan fingerprint density at radius 1 is 1.06 bits per heavy atom. The second kappa shape index (κ2) is 9.10. The Morgan fingerprint density at radius 2 is 1.85 bits per heavy atom. The molecular formula is C26H29N7S. The zero-order valence-electron chi connectivity index (χ0n) is 20.3. The molecule has 0 saturated carbocycles. The Balaban J connectivity index is 1.49. The van der Waals surface area contributed by atoms with Gasteiger partial charge in [-0.05, 0) is 60.2 Å². The molecule has 0 aliphatic heterocycles. The minimum absolute atomic E-state index is 0.589. The Kier molecular flexibility index (Phi) is 6.00. The fourth-order valence-corrected chi connectivity index (χ4v) is 5.76. The van der Waals surface area contributed by atoms with E-state index < -0.39 is 0 Å². The molecule has 8 heteroatoms. The average Bonchev–Trinajstić information content (AvgIpc) is 3.53. The van der Waals surface area contributed by atoms with Crippen LogP contribution in [0.1, 0.15) is 48.3 Å². The lowest BCUT2D eigenvalue weighted by Crippen LogP contribution is -2.05. The van der Waals surface area contributed by atoms with Gasteiger partial charge in [-0.25, -0.2) is 9.97 Å². The first-order valence-corrected chi connectivity index (χ1v) is 12.5. The van der Waals surface area contributed by atoms with Gasteiger partial charge in [0.2, 0.25) is 5.82 Å². The van der Waals surface area contributed by atoms with Gasteiger partial charge in [0.15, 0.2) is 5.65 Å². The molecule has 0 amide bonds. The van der Waals surface area contributed by atoms with Crippen LogP contribution < -0.4 is 0 Å². The molecule has 5 rings (SSSR count). The molecular weight excluding hydrogens is 442 g/mol. The molecule has 0 aliphatic rings. The van der Waals surface area contributed by atoms with Crippen molar-refractivity contribution in [2.24, 2.45) is 5.92 Å². The van der Waals surface area contributed by atoms with Crippen LogP contribution in [0, 0.1) is 19.8 Å². The summed E-state index contributed by atoms with van der Waals surface area (Å²) in [5.74, 6) is 2.30. The molecule has 7 nitrogen and oxygen atoms in total. The number of tetrazole rings is 1. The van der Waals surface area contributed by atoms with E-state index >= 15 is 0 Å². The molecule has 4 heterocycles. The highest BCUT2D eigenvalue weighted by molar-refractivity contribution is 7.16. The van der Waals surface area contributed by atoms with Crippen LogP contribution in [0.25, 0.3) is 33.0 Å². The van der Waals surface area contributed by atoms with Crippen molar-refractivity contribution in [2.75, 3.05) is 0 Å². The number of aryl methyl sites for hydroxylation is 3. The van der Waals surface area contributed by atoms with E-state index in [9.17, 15) is 0 Å². The van der Waals surface area contributed by atoms with Crippen molar-refractivity contribution < 1.29 is 0 Å². The summed E-state index contributed by atoms with van der Waals surface area (Å²) in [6.45, 7) is 11.5. The second-order valence-corrected chi connectivity index (χ2v) is 10.3. The van der Waals surface area contributed by atoms with Gasteiger partial charge in [0, 0.05) is 22.6 Å². The largest absolute Gasteiger partial charge is 0.308 e. The predicted molar refractivity (Wildman–Crippen MR) is 137 cm³/mol. The molecule has 0 atom stereocenters. The molecule has 1 N–H and O–H groups in total. The number of nitrogens with one attached hydrogen (secondary N) is 1. The summed E-state index contributed by atoms with van der Waals surface area (Å²) in [4.78, 5) is 12.1. The maximum absolute atomic E-state index is 4.88. The van der Waals surface area contributed by atoms with E-state index in [0.717, 1.165) is 58.1 Å². The molecule has 0 radical (unpaired) electrons. The van der Waals surface area contributed by atoms with Gasteiger partial charge in [-0.1, -0.05) is 45.0 Å². The molecule has 1 aromatic carbocycles. The number of pyridine rings is 1. The number of fused-ring (bicyclic) bond motifs is 1. The molecule has 0 aliphatic carbocycles. The molecule has 5 aromatic rings. The third-order valence-corrected chi connectivity index (χ3v) is 7.12. The van der Waals surface area contributed by atoms with Crippen molar-refractivity contribution in [1.29, 1.82) is 0 Å². The number of hydrogen-bond acceptors (Lipinski definition) is 6. The highest BCUT2D eigenvalue weighted by Gasteiger charge is 2.18. The minimum Gasteiger partial charge on any atom is -0.308 e. The summed E-state index contributed by atoms with van der Waals surface area (Å²) >= 11 is 1.75. The van der Waals surface area contributed by atoms with E-state index in [-0.39, 0.29) is 0 Å². The number of hydrogen-bond donors (Lipinski definition) is 1. The van der Waals surface area contributed by atoms with Gasteiger partial charge in [0.05, 0.1) is 11.4 Å². The SMILES string of the molecule is CCc1nc2c(C)cc(C)nc2n1Cc1ccc(-c2cc(CC(C)C)sc2-c2nn[nH]n2)cc1. The van der Waals surface area contributed by atoms with Crippen molar-refractivity contribution in [1.82, 2.24) is 35.2 Å². The van der Waals surface area contributed by atoms with Crippen LogP contribution in [0.4, 0.5) is 0 Å². The Labute approximate surface area is 203 Å². The van der Waals surface area contributed by atoms with E-state index in [0.29, 0.717) is 11.7 Å². The highest BCUT2D eigenvalue weighted by atomic mass is 32.1. The summed E-state index contributed by atoms with van der Waals surface area (Å²) in [6, 6.07) is 13.2. The summed E-state index contributed by atoms with van der Waals surface area (Å²) < 4.78 is 2.25. The lowest BCUT2D eigenvalue weighted by molar-refractivity contribution is 0.654. The van der Waals surface area contributed by atoms with Crippen molar-refractivity contribution >= 4 is 22.5 Å². The first-order chi connectivity index (χ1) is 16.4. The second-order valence-electron chi connectivity index (χ2n) is 9.21. The maximum atomic E-state index is 4.88. The van der Waals surface area contributed by atoms with Gasteiger partial charge in [-0.15, -0.1) is 21.5 Å². The minimum atomic E-state index is 0.589. The van der Waals surface area contributed by atoms with Crippen LogP contribution in [-0.2, 0) is 19.4 Å². The van der Waals surface area contributed by atoms with Gasteiger partial charge >= 0.3 is 0 Å². The number of benzene rings is 1. The van der Waals surface area contributed by atoms with Crippen molar-refractivity contribution in [3.8, 4) is 21.8 Å². The fraction of sp³-hybridized carbons (Fsp3) is 0.346. The zero-order valence-corrected chi connectivity index (χ0v) is 21.1. The lowest BCUT2D eigenvalue weighted by atomic mass is 10.0. The van der Waals surface area contributed by atoms with Gasteiger partial charge in [0.25, 0.3) is 0 Å². The van der Waals surface area contributed by atoms with Crippen LogP contribution in [0.15, 0.2) is 36.4 Å². The lowest BCUT2D eigenvalue weighted by Gasteiger charge is -2.09. The fourth-order valence-electron chi connectivity index (χ4n) is 4.44. The number of nitrogens with zero attached hydrogens (tertiary/aromatic N) is 6. The van der Waals surface area contributed by atoms with E-state index in [1.165, 1.54) is 16.0 Å². The Bertz CT molecular complexity index is 1430. The molecule has 174 valence electrons. The van der Waals surface area contributed by atoms with Crippen molar-refractivity contribution in [2.45, 2.75) is 54.0 Å². The van der Waals surface area contributed by atoms with Crippen molar-refractivity contribution in [3.05, 3.63) is 63.9 Å². The topological polar surface area (TPSA) is 85.2 Å². The first kappa shape index (κ1) is 22.4. The number of aromatic amines is 1. The monoisotopic (exact) mass is 471 g/mol. The maximum Gasteiger partial charge on any atom is 0.215 e. The van der Waals surface area contributed by atoms with Crippen LogP contribution in [0.2, 0.25) is 0 Å². The molecule has 0 unspecified atom stereocenters. The molecule has 0 spiro atoms. The third-order valence-electron chi connectivity index (χ3n) is 5.96. The Morgan fingerprint density at radius 3 is 2.53 bits per heavy atom. The molecule has 34 heavy (non-hydrogen) atoms. The quantitative estimate of drug-likeness (QED) is 0.326. The number of rotatable bonds is 7. The zero-order chi connectivity index (χ0) is 23.8. The molecule has 4 aromatic heterocycles. The van der Waals surface area contributed by atoms with E-state index in [2.05, 4.69) is 89.3 Å². The van der Waals surface area contributed by atoms with E-state index in [1.807, 2.05) is 6.92 Å². The highest BCUT2D eigenvalue weighted by Crippen LogP contribution is 2.38. The summed E-state index contributed by atoms with van der Waals surface area (Å²) in [7, 11) is 0. The van der Waals surface area contributed by atoms with Crippen molar-refractivity contribution in [3.63, 3.8) is 0 Å². The predicted octanol–water partition coefficient (Wildman–Crippen LogP) is 5.77. The van der Waals surface area contributed by atoms with Crippen LogP contribution in [0.3, 0.4) is 0 Å². The molecule has 0 saturated heterocycles. The molecule has 0 bridgehead atoms. The third kappa shape index (κ3) is 4.25. The normalized spacial score (nSPS) is 11.7.